The first-order chi connectivity index (χ1) is 29.1. The fourth-order valence-electron chi connectivity index (χ4n) is 10.8. The van der Waals surface area contributed by atoms with Crippen LogP contribution in [0.2, 0.25) is 0 Å². The zero-order valence-electron chi connectivity index (χ0n) is 40.0. The van der Waals surface area contributed by atoms with Gasteiger partial charge in [-0.2, -0.15) is 34.4 Å². The van der Waals surface area contributed by atoms with Gasteiger partial charge in [-0.1, -0.05) is 159 Å². The molecule has 0 aliphatic heterocycles. The van der Waals surface area contributed by atoms with Crippen molar-refractivity contribution < 1.29 is 75.4 Å². The molecule has 4 aromatic carbocycles. The van der Waals surface area contributed by atoms with Crippen molar-refractivity contribution in [3.8, 4) is 0 Å². The summed E-state index contributed by atoms with van der Waals surface area (Å²) in [5.74, 6) is 2.24. The number of allylic oxidation sites excluding steroid dienone is 6. The van der Waals surface area contributed by atoms with E-state index in [1.54, 1.807) is 28.2 Å². The molecule has 4 aliphatic carbocycles. The molecular weight excluding hydrogens is 949 g/mol. The van der Waals surface area contributed by atoms with E-state index in [4.69, 9.17) is 0 Å². The molecule has 2 unspecified atom stereocenters. The number of hydrogen-bond donors (Lipinski definition) is 0. The first kappa shape index (κ1) is 54.6. The van der Waals surface area contributed by atoms with Gasteiger partial charge in [0.2, 0.25) is 0 Å². The molecule has 0 aromatic heterocycles. The van der Waals surface area contributed by atoms with Gasteiger partial charge >= 0.3 is 137 Å². The molecule has 9 heteroatoms. The van der Waals surface area contributed by atoms with Crippen LogP contribution in [0.3, 0.4) is 0 Å². The molecule has 0 bridgehead atoms. The molecule has 4 aliphatic rings. The largest absolute Gasteiger partial charge is 1.00 e. The SMILES string of the molecule is CCCc1cc(C(C)(C)C)c[cH-]1.C[C-]1C2=C3Cc4ccccc4C3=C3C=CCCC3C2(C)C(C)(C)C(C)(C)C1(C)C.FC(F)(F)c1cccc([C](=[Zr+2])c2cccc(C(F)(F)F)c2)c1.[Cl-].[Cl-]. The fraction of sp³-hybridized carbons (Fsp3) is 0.446. The van der Waals surface area contributed by atoms with E-state index in [-0.39, 0.29) is 57.6 Å². The number of alkyl halides is 6. The molecule has 4 aromatic rings. The van der Waals surface area contributed by atoms with Crippen LogP contribution in [0.25, 0.3) is 5.57 Å². The molecule has 1 saturated carbocycles. The van der Waals surface area contributed by atoms with Crippen LogP contribution in [0.4, 0.5) is 26.3 Å². The van der Waals surface area contributed by atoms with Crippen LogP contribution >= 0.6 is 0 Å². The van der Waals surface area contributed by atoms with E-state index in [0.29, 0.717) is 14.5 Å². The molecule has 0 saturated heterocycles. The van der Waals surface area contributed by atoms with Crippen molar-refractivity contribution >= 4 is 8.78 Å². The number of benzene rings is 3. The van der Waals surface area contributed by atoms with Gasteiger partial charge in [0, 0.05) is 0 Å². The van der Waals surface area contributed by atoms with Crippen LogP contribution in [0.1, 0.15) is 147 Å². The summed E-state index contributed by atoms with van der Waals surface area (Å²) >= 11 is 0.729. The average Bonchev–Trinajstić information content (AvgIpc) is 3.86. The van der Waals surface area contributed by atoms with E-state index in [0.717, 1.165) is 54.9 Å². The first-order valence-electron chi connectivity index (χ1n) is 22.4. The maximum atomic E-state index is 12.7. The molecule has 2 atom stereocenters. The maximum Gasteiger partial charge on any atom is -1.00 e. The predicted molar refractivity (Wildman–Crippen MR) is 245 cm³/mol. The third-order valence-electron chi connectivity index (χ3n) is 16.0. The molecule has 0 amide bonds. The van der Waals surface area contributed by atoms with Crippen LogP contribution in [0.5, 0.6) is 0 Å². The summed E-state index contributed by atoms with van der Waals surface area (Å²) < 4.78 is 76.7. The summed E-state index contributed by atoms with van der Waals surface area (Å²) in [5, 5.41) is 0. The van der Waals surface area contributed by atoms with Crippen molar-refractivity contribution in [3.63, 3.8) is 0 Å². The van der Waals surface area contributed by atoms with Gasteiger partial charge in [0.25, 0.3) is 0 Å². The summed E-state index contributed by atoms with van der Waals surface area (Å²) in [6.45, 7) is 29.3. The average molecular weight is 1010 g/mol. The normalized spacial score (nSPS) is 21.2. The summed E-state index contributed by atoms with van der Waals surface area (Å²) in [6, 6.07) is 25.2. The molecule has 0 N–H and O–H groups in total. The van der Waals surface area contributed by atoms with Gasteiger partial charge in [-0.25, -0.2) is 12.0 Å². The van der Waals surface area contributed by atoms with Crippen LogP contribution < -0.4 is 24.8 Å². The molecule has 0 nitrogen and oxygen atoms in total. The Balaban J connectivity index is 0.000000228. The van der Waals surface area contributed by atoms with Gasteiger partial charge in [0.1, 0.15) is 0 Å². The number of halogens is 8. The standard InChI is InChI=1S/C29H37.C15H8F6.C12H19.2ClH.Zr/c1-18-25-22-17-19-13-9-10-14-20(19)24(22)21-15-11-12-16-23(21)29(25,8)28(6,7)27(4,5)26(18,2)3;16-14(17,18)12-5-1-3-10(8-12)7-11-4-2-6-13(9-11)15(19,20)21;1-5-6-10-7-8-11(9-10)12(2,3)4;;;/h9-11,13-15,23H,12,16-17H2,1-8H3;1-6,8-9H;7-9H,5-6H2,1-4H3;2*1H;/q-1;;-1;;;+2/p-2. The van der Waals surface area contributed by atoms with Crippen molar-refractivity contribution in [1.82, 2.24) is 0 Å². The molecule has 0 heterocycles. The Labute approximate surface area is 412 Å². The third-order valence-corrected chi connectivity index (χ3v) is 17.4. The van der Waals surface area contributed by atoms with E-state index in [1.165, 1.54) is 72.2 Å². The quantitative estimate of drug-likeness (QED) is 0.141. The Kier molecular flexibility index (Phi) is 16.4. The smallest absolute Gasteiger partial charge is 1.00 e. The predicted octanol–water partition coefficient (Wildman–Crippen LogP) is 10.5. The van der Waals surface area contributed by atoms with E-state index in [9.17, 15) is 26.3 Å². The molecule has 0 spiro atoms. The zero-order chi connectivity index (χ0) is 46.7. The first-order valence-corrected chi connectivity index (χ1v) is 23.6. The Morgan fingerprint density at radius 2 is 1.31 bits per heavy atom. The summed E-state index contributed by atoms with van der Waals surface area (Å²) in [7, 11) is 0. The number of rotatable bonds is 4. The Morgan fingerprint density at radius 3 is 1.82 bits per heavy atom. The molecule has 65 heavy (non-hydrogen) atoms. The molecule has 0 radical (unpaired) electrons. The van der Waals surface area contributed by atoms with Crippen LogP contribution in [-0.4, -0.2) is 3.21 Å². The van der Waals surface area contributed by atoms with Crippen LogP contribution in [0.15, 0.2) is 120 Å². The molecule has 8 rings (SSSR count). The number of hydrogen-bond acceptors (Lipinski definition) is 0. The monoisotopic (exact) mass is 1010 g/mol. The molecular formula is C56H64Cl2F6Zr-2. The van der Waals surface area contributed by atoms with E-state index in [1.807, 2.05) is 0 Å². The van der Waals surface area contributed by atoms with Gasteiger partial charge in [-0.15, -0.1) is 6.92 Å². The topological polar surface area (TPSA) is 0 Å². The summed E-state index contributed by atoms with van der Waals surface area (Å²) in [5.41, 5.74) is 12.5. The summed E-state index contributed by atoms with van der Waals surface area (Å²) in [4.78, 5) is 0. The van der Waals surface area contributed by atoms with Crippen molar-refractivity contribution in [3.05, 3.63) is 170 Å². The van der Waals surface area contributed by atoms with Crippen molar-refractivity contribution in [1.29, 1.82) is 0 Å². The second kappa shape index (κ2) is 19.6. The molecule has 1 fully saturated rings. The number of fused-ring (bicyclic) bond motifs is 6. The molecule has 350 valence electrons. The van der Waals surface area contributed by atoms with E-state index in [2.05, 4.69) is 138 Å². The number of aryl methyl sites for hydroxylation is 1. The Hall–Kier alpha value is -2.99. The van der Waals surface area contributed by atoms with Crippen molar-refractivity contribution in [2.24, 2.45) is 27.6 Å². The Morgan fingerprint density at radius 1 is 0.754 bits per heavy atom. The van der Waals surface area contributed by atoms with Crippen LogP contribution in [-0.2, 0) is 54.8 Å². The minimum Gasteiger partial charge on any atom is -1.00 e. The minimum absolute atomic E-state index is 0. The van der Waals surface area contributed by atoms with Gasteiger partial charge in [0.15, 0.2) is 0 Å². The van der Waals surface area contributed by atoms with Gasteiger partial charge in [0.05, 0.1) is 0 Å². The van der Waals surface area contributed by atoms with Crippen molar-refractivity contribution in [2.75, 3.05) is 0 Å². The Bertz CT molecular complexity index is 2390. The third kappa shape index (κ3) is 9.97. The zero-order valence-corrected chi connectivity index (χ0v) is 43.9. The maximum absolute atomic E-state index is 12.7. The minimum atomic E-state index is -4.49. The van der Waals surface area contributed by atoms with Crippen molar-refractivity contribution in [2.45, 2.75) is 133 Å². The van der Waals surface area contributed by atoms with Crippen LogP contribution in [0, 0.1) is 33.5 Å². The van der Waals surface area contributed by atoms with E-state index < -0.39 is 23.5 Å². The van der Waals surface area contributed by atoms with Gasteiger partial charge < -0.3 is 24.8 Å². The second-order valence-electron chi connectivity index (χ2n) is 20.8. The van der Waals surface area contributed by atoms with E-state index >= 15 is 0 Å². The fourth-order valence-corrected chi connectivity index (χ4v) is 11.6. The second-order valence-corrected chi connectivity index (χ2v) is 22.0. The van der Waals surface area contributed by atoms with Gasteiger partial charge in [-0.05, 0) is 40.6 Å². The van der Waals surface area contributed by atoms with Gasteiger partial charge in [-0.3, -0.25) is 0 Å². The summed E-state index contributed by atoms with van der Waals surface area (Å²) in [6.07, 6.45) is 1.99.